The van der Waals surface area contributed by atoms with E-state index in [1.54, 1.807) is 13.0 Å². The average molecular weight is 241 g/mol. The van der Waals surface area contributed by atoms with E-state index in [0.717, 1.165) is 0 Å². The predicted molar refractivity (Wildman–Crippen MR) is 58.0 cm³/mol. The highest BCUT2D eigenvalue weighted by Crippen LogP contribution is 2.36. The molecule has 1 aliphatic rings. The van der Waals surface area contributed by atoms with Crippen molar-refractivity contribution in [1.82, 2.24) is 0 Å². The summed E-state index contributed by atoms with van der Waals surface area (Å²) in [6.07, 6.45) is -0.705. The molecule has 1 amide bonds. The van der Waals surface area contributed by atoms with Crippen molar-refractivity contribution in [2.45, 2.75) is 6.92 Å². The molecule has 0 saturated carbocycles. The van der Waals surface area contributed by atoms with Crippen molar-refractivity contribution < 1.29 is 23.4 Å². The van der Waals surface area contributed by atoms with Crippen molar-refractivity contribution in [3.05, 3.63) is 17.9 Å². The van der Waals surface area contributed by atoms with E-state index in [0.29, 0.717) is 12.4 Å². The van der Waals surface area contributed by atoms with Gasteiger partial charge in [0.05, 0.1) is 12.3 Å². The molecule has 0 atom stereocenters. The van der Waals surface area contributed by atoms with Crippen molar-refractivity contribution in [2.75, 3.05) is 25.1 Å². The zero-order chi connectivity index (χ0) is 12.3. The molecule has 1 aliphatic heterocycles. The minimum Gasteiger partial charge on any atom is -0.486 e. The van der Waals surface area contributed by atoms with Crippen LogP contribution in [-0.4, -0.2) is 25.9 Å². The van der Waals surface area contributed by atoms with E-state index < -0.39 is 11.9 Å². The smallest absolute Gasteiger partial charge is 0.411 e. The lowest BCUT2D eigenvalue weighted by Crippen LogP contribution is -2.18. The molecule has 0 aromatic heterocycles. The maximum absolute atomic E-state index is 13.9. The van der Waals surface area contributed by atoms with Crippen LogP contribution in [0.3, 0.4) is 0 Å². The molecule has 2 rings (SSSR count). The average Bonchev–Trinajstić information content (AvgIpc) is 2.33. The van der Waals surface area contributed by atoms with E-state index in [9.17, 15) is 9.18 Å². The number of anilines is 1. The van der Waals surface area contributed by atoms with Crippen molar-refractivity contribution in [1.29, 1.82) is 0 Å². The van der Waals surface area contributed by atoms with Crippen LogP contribution in [-0.2, 0) is 4.74 Å². The lowest BCUT2D eigenvalue weighted by molar-refractivity contribution is 0.163. The summed E-state index contributed by atoms with van der Waals surface area (Å²) in [6.45, 7) is 2.56. The topological polar surface area (TPSA) is 56.8 Å². The Labute approximate surface area is 97.5 Å². The monoisotopic (exact) mass is 241 g/mol. The molecule has 5 nitrogen and oxygen atoms in total. The van der Waals surface area contributed by atoms with Gasteiger partial charge in [0.15, 0.2) is 17.3 Å². The van der Waals surface area contributed by atoms with Gasteiger partial charge < -0.3 is 14.2 Å². The number of carbonyl (C=O) groups excluding carboxylic acids is 1. The number of halogens is 1. The molecule has 6 heteroatoms. The molecule has 17 heavy (non-hydrogen) atoms. The number of nitrogens with one attached hydrogen (secondary N) is 1. The normalized spacial score (nSPS) is 13.1. The van der Waals surface area contributed by atoms with Gasteiger partial charge in [-0.3, -0.25) is 5.32 Å². The molecule has 0 spiro atoms. The maximum atomic E-state index is 13.9. The number of amides is 1. The molecular weight excluding hydrogens is 229 g/mol. The van der Waals surface area contributed by atoms with E-state index in [-0.39, 0.29) is 24.7 Å². The van der Waals surface area contributed by atoms with Gasteiger partial charge in [-0.05, 0) is 19.1 Å². The Balaban J connectivity index is 2.21. The fraction of sp³-hybridized carbons (Fsp3) is 0.364. The first kappa shape index (κ1) is 11.5. The fourth-order valence-corrected chi connectivity index (χ4v) is 1.46. The lowest BCUT2D eigenvalue weighted by atomic mass is 10.2. The largest absolute Gasteiger partial charge is 0.486 e. The Morgan fingerprint density at radius 1 is 1.47 bits per heavy atom. The fourth-order valence-electron chi connectivity index (χ4n) is 1.46. The van der Waals surface area contributed by atoms with Crippen molar-refractivity contribution in [2.24, 2.45) is 0 Å². The van der Waals surface area contributed by atoms with Gasteiger partial charge in [-0.2, -0.15) is 0 Å². The first-order valence-electron chi connectivity index (χ1n) is 5.24. The minimum atomic E-state index is -0.705. The molecular formula is C11H12FNO4. The van der Waals surface area contributed by atoms with E-state index in [2.05, 4.69) is 10.1 Å². The van der Waals surface area contributed by atoms with Crippen molar-refractivity contribution in [3.8, 4) is 11.5 Å². The Kier molecular flexibility index (Phi) is 3.32. The quantitative estimate of drug-likeness (QED) is 0.862. The highest BCUT2D eigenvalue weighted by atomic mass is 19.1. The number of hydrogen-bond acceptors (Lipinski definition) is 4. The Morgan fingerprint density at radius 2 is 2.24 bits per heavy atom. The first-order valence-corrected chi connectivity index (χ1v) is 5.24. The standard InChI is InChI=1S/C11H12FNO4/c1-2-15-11(14)13-7-3-4-8-10(9(7)12)17-6-5-16-8/h3-4H,2,5-6H2,1H3,(H,13,14). The first-order chi connectivity index (χ1) is 8.22. The van der Waals surface area contributed by atoms with Gasteiger partial charge in [0, 0.05) is 0 Å². The summed E-state index contributed by atoms with van der Waals surface area (Å²) in [5.74, 6) is -0.302. The van der Waals surface area contributed by atoms with Crippen LogP contribution in [0.2, 0.25) is 0 Å². The molecule has 1 N–H and O–H groups in total. The third-order valence-corrected chi connectivity index (χ3v) is 2.16. The second kappa shape index (κ2) is 4.90. The van der Waals surface area contributed by atoms with Crippen molar-refractivity contribution in [3.63, 3.8) is 0 Å². The van der Waals surface area contributed by atoms with Gasteiger partial charge in [-0.15, -0.1) is 0 Å². The van der Waals surface area contributed by atoms with Gasteiger partial charge in [-0.25, -0.2) is 9.18 Å². The van der Waals surface area contributed by atoms with Gasteiger partial charge in [0.25, 0.3) is 0 Å². The number of ether oxygens (including phenoxy) is 3. The van der Waals surface area contributed by atoms with E-state index in [1.807, 2.05) is 0 Å². The maximum Gasteiger partial charge on any atom is 0.411 e. The second-order valence-electron chi connectivity index (χ2n) is 3.30. The van der Waals surface area contributed by atoms with Crippen LogP contribution in [0.5, 0.6) is 11.5 Å². The van der Waals surface area contributed by atoms with Gasteiger partial charge in [0.1, 0.15) is 13.2 Å². The molecule has 1 aromatic carbocycles. The summed E-state index contributed by atoms with van der Waals surface area (Å²) in [6, 6.07) is 2.94. The van der Waals surface area contributed by atoms with Gasteiger partial charge in [-0.1, -0.05) is 0 Å². The molecule has 1 aromatic rings. The van der Waals surface area contributed by atoms with E-state index in [4.69, 9.17) is 9.47 Å². The number of rotatable bonds is 2. The summed E-state index contributed by atoms with van der Waals surface area (Å²) in [7, 11) is 0. The molecule has 0 bridgehead atoms. The van der Waals surface area contributed by atoms with Gasteiger partial charge in [0.2, 0.25) is 0 Å². The summed E-state index contributed by atoms with van der Waals surface area (Å²) < 4.78 is 28.9. The summed E-state index contributed by atoms with van der Waals surface area (Å²) >= 11 is 0. The van der Waals surface area contributed by atoms with E-state index in [1.165, 1.54) is 6.07 Å². The Morgan fingerprint density at radius 3 is 3.00 bits per heavy atom. The summed E-state index contributed by atoms with van der Waals surface area (Å²) in [5.41, 5.74) is 0.00713. The van der Waals surface area contributed by atoms with Gasteiger partial charge >= 0.3 is 6.09 Å². The Hall–Kier alpha value is -1.98. The highest BCUT2D eigenvalue weighted by Gasteiger charge is 2.20. The SMILES string of the molecule is CCOC(=O)Nc1ccc2c(c1F)OCCO2. The molecule has 0 fully saturated rings. The minimum absolute atomic E-state index is 0.00713. The molecule has 0 unspecified atom stereocenters. The molecule has 0 saturated heterocycles. The van der Waals surface area contributed by atoms with E-state index >= 15 is 0 Å². The van der Waals surface area contributed by atoms with Crippen LogP contribution < -0.4 is 14.8 Å². The van der Waals surface area contributed by atoms with Crippen molar-refractivity contribution >= 4 is 11.8 Å². The van der Waals surface area contributed by atoms with Crippen LogP contribution >= 0.6 is 0 Å². The molecule has 1 heterocycles. The zero-order valence-corrected chi connectivity index (χ0v) is 9.29. The number of carbonyl (C=O) groups is 1. The zero-order valence-electron chi connectivity index (χ0n) is 9.29. The lowest BCUT2D eigenvalue weighted by Gasteiger charge is -2.19. The van der Waals surface area contributed by atoms with Crippen LogP contribution in [0.25, 0.3) is 0 Å². The number of benzene rings is 1. The summed E-state index contributed by atoms with van der Waals surface area (Å²) in [5, 5.41) is 2.29. The molecule has 92 valence electrons. The van der Waals surface area contributed by atoms with Crippen LogP contribution in [0, 0.1) is 5.82 Å². The third kappa shape index (κ3) is 2.41. The Bertz CT molecular complexity index is 436. The molecule has 0 radical (unpaired) electrons. The second-order valence-corrected chi connectivity index (χ2v) is 3.30. The third-order valence-electron chi connectivity index (χ3n) is 2.16. The predicted octanol–water partition coefficient (Wildman–Crippen LogP) is 2.17. The number of hydrogen-bond donors (Lipinski definition) is 1. The summed E-state index contributed by atoms with van der Waals surface area (Å²) in [4.78, 5) is 11.2. The van der Waals surface area contributed by atoms with Crippen LogP contribution in [0.4, 0.5) is 14.9 Å². The van der Waals surface area contributed by atoms with Crippen LogP contribution in [0.1, 0.15) is 6.92 Å². The molecule has 0 aliphatic carbocycles. The van der Waals surface area contributed by atoms with Crippen LogP contribution in [0.15, 0.2) is 12.1 Å². The highest BCUT2D eigenvalue weighted by molar-refractivity contribution is 5.85. The number of fused-ring (bicyclic) bond motifs is 1.